The van der Waals surface area contributed by atoms with Gasteiger partial charge in [0.15, 0.2) is 16.3 Å². The van der Waals surface area contributed by atoms with Gasteiger partial charge in [0.2, 0.25) is 0 Å². The van der Waals surface area contributed by atoms with Gasteiger partial charge in [-0.15, -0.1) is 11.3 Å². The van der Waals surface area contributed by atoms with Gasteiger partial charge in [0.25, 0.3) is 5.56 Å². The van der Waals surface area contributed by atoms with E-state index in [4.69, 9.17) is 0 Å². The average Bonchev–Trinajstić information content (AvgIpc) is 3.29. The Kier molecular flexibility index (Phi) is 5.57. The van der Waals surface area contributed by atoms with Crippen molar-refractivity contribution in [3.63, 3.8) is 0 Å². The van der Waals surface area contributed by atoms with E-state index in [-0.39, 0.29) is 17.1 Å². The van der Waals surface area contributed by atoms with Gasteiger partial charge in [-0.05, 0) is 68.1 Å². The lowest BCUT2D eigenvalue weighted by atomic mass is 9.49. The largest absolute Gasteiger partial charge is 0.298 e. The van der Waals surface area contributed by atoms with Crippen LogP contribution < -0.4 is 5.56 Å². The monoisotopic (exact) mass is 481 g/mol. The molecule has 0 N–H and O–H groups in total. The van der Waals surface area contributed by atoms with Crippen LogP contribution in [0.4, 0.5) is 0 Å². The fourth-order valence-corrected chi connectivity index (χ4v) is 8.40. The molecule has 3 heterocycles. The molecule has 0 aliphatic heterocycles. The highest BCUT2D eigenvalue weighted by Gasteiger charge is 2.50. The number of carbonyl (C=O) groups is 1. The van der Waals surface area contributed by atoms with E-state index in [1.165, 1.54) is 61.6 Å². The molecule has 33 heavy (non-hydrogen) atoms. The van der Waals surface area contributed by atoms with Gasteiger partial charge in [-0.3, -0.25) is 14.2 Å². The van der Waals surface area contributed by atoms with Gasteiger partial charge in [-0.2, -0.15) is 0 Å². The van der Waals surface area contributed by atoms with Crippen molar-refractivity contribution in [3.8, 4) is 0 Å². The first-order valence-corrected chi connectivity index (χ1v) is 13.7. The Morgan fingerprint density at radius 2 is 1.79 bits per heavy atom. The van der Waals surface area contributed by atoms with Gasteiger partial charge in [-0.1, -0.05) is 11.8 Å². The summed E-state index contributed by atoms with van der Waals surface area (Å²) in [6, 6.07) is 0. The Balaban J connectivity index is 1.25. The molecule has 172 valence electrons. The number of thiazole rings is 1. The lowest BCUT2D eigenvalue weighted by Crippen LogP contribution is -2.46. The summed E-state index contributed by atoms with van der Waals surface area (Å²) < 4.78 is 1.76. The van der Waals surface area contributed by atoms with Gasteiger partial charge < -0.3 is 0 Å². The summed E-state index contributed by atoms with van der Waals surface area (Å²) in [7, 11) is 0. The SMILES string of the molecule is O=C(CSc1nc2nccnc2c(=O)n1CCC12CC3CC(CC(C3)C1)C2)Cc1nccs1. The lowest BCUT2D eigenvalue weighted by Gasteiger charge is -2.57. The van der Waals surface area contributed by atoms with Crippen LogP contribution >= 0.6 is 23.1 Å². The molecule has 4 bridgehead atoms. The number of ketones is 1. The summed E-state index contributed by atoms with van der Waals surface area (Å²) in [5, 5.41) is 3.27. The fourth-order valence-electron chi connectivity index (χ4n) is 6.89. The first-order valence-electron chi connectivity index (χ1n) is 11.8. The zero-order valence-electron chi connectivity index (χ0n) is 18.5. The first kappa shape index (κ1) is 21.4. The lowest BCUT2D eigenvalue weighted by molar-refractivity contribution is -0.116. The second kappa shape index (κ2) is 8.58. The van der Waals surface area contributed by atoms with Crippen molar-refractivity contribution < 1.29 is 4.79 Å². The topological polar surface area (TPSA) is 90.6 Å². The number of hydrogen-bond acceptors (Lipinski definition) is 8. The Hall–Kier alpha value is -2.13. The second-order valence-electron chi connectivity index (χ2n) is 10.2. The molecular weight excluding hydrogens is 454 g/mol. The van der Waals surface area contributed by atoms with Crippen molar-refractivity contribution in [2.75, 3.05) is 5.75 Å². The predicted molar refractivity (Wildman–Crippen MR) is 128 cm³/mol. The Morgan fingerprint density at radius 3 is 2.48 bits per heavy atom. The minimum Gasteiger partial charge on any atom is -0.298 e. The third-order valence-electron chi connectivity index (χ3n) is 7.78. The maximum atomic E-state index is 13.4. The molecule has 0 aromatic carbocycles. The van der Waals surface area contributed by atoms with Crippen LogP contribution in [0, 0.1) is 23.2 Å². The van der Waals surface area contributed by atoms with Crippen LogP contribution in [-0.4, -0.2) is 36.0 Å². The smallest absolute Gasteiger partial charge is 0.282 e. The molecule has 4 fully saturated rings. The average molecular weight is 482 g/mol. The number of Topliss-reactive ketones (excluding diaryl/α,β-unsaturated/α-hetero) is 1. The number of nitrogens with zero attached hydrogens (tertiary/aromatic N) is 5. The maximum Gasteiger partial charge on any atom is 0.282 e. The predicted octanol–water partition coefficient (Wildman–Crippen LogP) is 4.15. The maximum absolute atomic E-state index is 13.4. The number of thioether (sulfide) groups is 1. The van der Waals surface area contributed by atoms with E-state index in [0.717, 1.165) is 29.2 Å². The standard InChI is InChI=1S/C24H27N5O2S2/c30-18(10-19-25-4-6-32-19)14-33-23-28-21-20(26-2-3-27-21)22(31)29(23)5-1-24-11-15-7-16(12-24)9-17(8-15)13-24/h2-4,6,15-17H,1,5,7-14H2. The number of hydrogen-bond donors (Lipinski definition) is 0. The van der Waals surface area contributed by atoms with E-state index >= 15 is 0 Å². The third kappa shape index (κ3) is 4.25. The highest BCUT2D eigenvalue weighted by molar-refractivity contribution is 7.99. The molecule has 4 aliphatic carbocycles. The Morgan fingerprint density at radius 1 is 1.06 bits per heavy atom. The molecule has 0 amide bonds. The molecule has 0 radical (unpaired) electrons. The van der Waals surface area contributed by atoms with Gasteiger partial charge in [0, 0.05) is 30.5 Å². The highest BCUT2D eigenvalue weighted by atomic mass is 32.2. The van der Waals surface area contributed by atoms with Crippen molar-refractivity contribution in [2.45, 2.75) is 63.1 Å². The van der Waals surface area contributed by atoms with E-state index in [9.17, 15) is 9.59 Å². The molecule has 7 rings (SSSR count). The van der Waals surface area contributed by atoms with E-state index in [2.05, 4.69) is 19.9 Å². The van der Waals surface area contributed by atoms with E-state index in [1.807, 2.05) is 5.38 Å². The van der Waals surface area contributed by atoms with Crippen LogP contribution in [-0.2, 0) is 17.8 Å². The van der Waals surface area contributed by atoms with Crippen molar-refractivity contribution in [1.29, 1.82) is 0 Å². The minimum absolute atomic E-state index is 0.0797. The number of aromatic nitrogens is 5. The Bertz CT molecular complexity index is 1200. The summed E-state index contributed by atoms with van der Waals surface area (Å²) >= 11 is 2.82. The van der Waals surface area contributed by atoms with Crippen LogP contribution in [0.15, 0.2) is 33.9 Å². The van der Waals surface area contributed by atoms with Crippen LogP contribution in [0.1, 0.15) is 50.0 Å². The molecule has 3 aromatic heterocycles. The summed E-state index contributed by atoms with van der Waals surface area (Å²) in [6.45, 7) is 0.632. The highest BCUT2D eigenvalue weighted by Crippen LogP contribution is 2.61. The molecule has 7 nitrogen and oxygen atoms in total. The molecule has 0 atom stereocenters. The molecule has 0 saturated heterocycles. The summed E-state index contributed by atoms with van der Waals surface area (Å²) in [4.78, 5) is 43.3. The van der Waals surface area contributed by atoms with E-state index in [1.54, 1.807) is 23.2 Å². The molecule has 0 spiro atoms. The van der Waals surface area contributed by atoms with Crippen LogP contribution in [0.3, 0.4) is 0 Å². The molecule has 9 heteroatoms. The zero-order chi connectivity index (χ0) is 22.4. The minimum atomic E-state index is -0.146. The molecular formula is C24H27N5O2S2. The molecule has 3 aromatic rings. The molecule has 4 aliphatic rings. The zero-order valence-corrected chi connectivity index (χ0v) is 20.1. The van der Waals surface area contributed by atoms with Gasteiger partial charge in [-0.25, -0.2) is 19.9 Å². The third-order valence-corrected chi connectivity index (χ3v) is 9.60. The van der Waals surface area contributed by atoms with E-state index in [0.29, 0.717) is 34.7 Å². The summed E-state index contributed by atoms with van der Waals surface area (Å²) in [5.74, 6) is 2.98. The van der Waals surface area contributed by atoms with Crippen molar-refractivity contribution in [2.24, 2.45) is 23.2 Å². The van der Waals surface area contributed by atoms with Crippen molar-refractivity contribution in [3.05, 3.63) is 39.3 Å². The van der Waals surface area contributed by atoms with Crippen molar-refractivity contribution in [1.82, 2.24) is 24.5 Å². The van der Waals surface area contributed by atoms with Gasteiger partial charge in [0.05, 0.1) is 17.2 Å². The van der Waals surface area contributed by atoms with Crippen LogP contribution in [0.2, 0.25) is 0 Å². The first-order chi connectivity index (χ1) is 16.1. The second-order valence-corrected chi connectivity index (χ2v) is 12.1. The number of fused-ring (bicyclic) bond motifs is 1. The number of rotatable bonds is 8. The van der Waals surface area contributed by atoms with Crippen LogP contribution in [0.5, 0.6) is 0 Å². The molecule has 4 saturated carbocycles. The quantitative estimate of drug-likeness (QED) is 0.352. The summed E-state index contributed by atoms with van der Waals surface area (Å²) in [5.41, 5.74) is 0.881. The van der Waals surface area contributed by atoms with Crippen molar-refractivity contribution >= 4 is 40.0 Å². The van der Waals surface area contributed by atoms with Crippen LogP contribution in [0.25, 0.3) is 11.2 Å². The number of carbonyl (C=O) groups excluding carboxylic acids is 1. The van der Waals surface area contributed by atoms with E-state index < -0.39 is 0 Å². The fraction of sp³-hybridized carbons (Fsp3) is 0.583. The molecule has 0 unspecified atom stereocenters. The normalized spacial score (nSPS) is 27.9. The van der Waals surface area contributed by atoms with Gasteiger partial charge >= 0.3 is 0 Å². The van der Waals surface area contributed by atoms with Gasteiger partial charge in [0.1, 0.15) is 5.78 Å². The summed E-state index contributed by atoms with van der Waals surface area (Å²) in [6.07, 6.45) is 14.3. The Labute approximate surface area is 200 Å².